The van der Waals surface area contributed by atoms with E-state index in [-0.39, 0.29) is 12.1 Å². The number of fused-ring (bicyclic) bond motifs is 1. The van der Waals surface area contributed by atoms with Crippen molar-refractivity contribution in [1.29, 1.82) is 0 Å². The molecule has 0 nitrogen and oxygen atoms in total. The van der Waals surface area contributed by atoms with Crippen molar-refractivity contribution in [3.63, 3.8) is 0 Å². The Morgan fingerprint density at radius 2 is 2.50 bits per heavy atom. The van der Waals surface area contributed by atoms with Gasteiger partial charge in [0.15, 0.2) is 0 Å². The Bertz CT molecular complexity index is 311. The van der Waals surface area contributed by atoms with Crippen LogP contribution < -0.4 is 0 Å². The molecule has 52 valence electrons. The lowest BCUT2D eigenvalue weighted by molar-refractivity contribution is 1.13. The molecule has 1 aromatic rings. The Kier molecular flexibility index (Phi) is 1.03. The molecule has 0 spiro atoms. The lowest BCUT2D eigenvalue weighted by atomic mass is 10.1. The second-order valence-corrected chi connectivity index (χ2v) is 3.41. The third-order valence-corrected chi connectivity index (χ3v) is 2.51. The Balaban J connectivity index is 2.48. The monoisotopic (exact) mass is 152 g/mol. The summed E-state index contributed by atoms with van der Waals surface area (Å²) in [5.41, 5.74) is 1.88. The van der Waals surface area contributed by atoms with Crippen LogP contribution in [0.2, 0.25) is 0 Å². The molecule has 0 N–H and O–H groups in total. The molecule has 0 amide bonds. The van der Waals surface area contributed by atoms with Crippen molar-refractivity contribution in [1.82, 2.24) is 0 Å². The predicted molar refractivity (Wildman–Crippen MR) is 45.6 cm³/mol. The number of thioether (sulfide) groups is 1. The Morgan fingerprint density at radius 3 is 3.40 bits per heavy atom. The van der Waals surface area contributed by atoms with Gasteiger partial charge < -0.3 is 0 Å². The molecular formula is C9H10S. The second kappa shape index (κ2) is 2.31. The highest BCUT2D eigenvalue weighted by atomic mass is 32.2. The van der Waals surface area contributed by atoms with Gasteiger partial charge in [0.2, 0.25) is 0 Å². The summed E-state index contributed by atoms with van der Waals surface area (Å²) in [4.78, 5) is 1.11. The van der Waals surface area contributed by atoms with Gasteiger partial charge in [0.1, 0.15) is 0 Å². The average Bonchev–Trinajstić information content (AvgIpc) is 2.31. The minimum Gasteiger partial charge on any atom is -0.126 e. The molecule has 0 saturated heterocycles. The fourth-order valence-corrected chi connectivity index (χ4v) is 1.86. The third kappa shape index (κ3) is 0.948. The summed E-state index contributed by atoms with van der Waals surface area (Å²) in [6.45, 7) is 2.02. The number of benzene rings is 1. The van der Waals surface area contributed by atoms with Gasteiger partial charge in [-0.2, -0.15) is 0 Å². The fourth-order valence-electron chi connectivity index (χ4n) is 1.09. The molecule has 10 heavy (non-hydrogen) atoms. The van der Waals surface area contributed by atoms with Gasteiger partial charge in [0, 0.05) is 13.4 Å². The highest BCUT2D eigenvalue weighted by molar-refractivity contribution is 7.99. The minimum absolute atomic E-state index is 0.332. The van der Waals surface area contributed by atoms with E-state index in [9.17, 15) is 0 Å². The average molecular weight is 152 g/mol. The van der Waals surface area contributed by atoms with Crippen LogP contribution in [-0.2, 0) is 6.40 Å². The van der Waals surface area contributed by atoms with E-state index in [0.29, 0.717) is 0 Å². The van der Waals surface area contributed by atoms with E-state index < -0.39 is 0 Å². The minimum atomic E-state index is -0.357. The Labute approximate surface area is 68.5 Å². The molecule has 2 rings (SSSR count). The van der Waals surface area contributed by atoms with Crippen molar-refractivity contribution >= 4 is 11.8 Å². The third-order valence-electron chi connectivity index (χ3n) is 1.61. The maximum Gasteiger partial charge on any atom is 0.0387 e. The van der Waals surface area contributed by atoms with Gasteiger partial charge in [0.05, 0.1) is 0 Å². The summed E-state index contributed by atoms with van der Waals surface area (Å²) in [5.74, 6) is 0. The topological polar surface area (TPSA) is 0 Å². The molecule has 1 heteroatoms. The maximum absolute atomic E-state index is 7.71. The van der Waals surface area contributed by atoms with Crippen molar-refractivity contribution < 1.29 is 2.74 Å². The maximum atomic E-state index is 7.71. The van der Waals surface area contributed by atoms with E-state index in [4.69, 9.17) is 2.74 Å². The van der Waals surface area contributed by atoms with Crippen LogP contribution >= 0.6 is 11.8 Å². The van der Waals surface area contributed by atoms with E-state index in [1.54, 1.807) is 0 Å². The number of aryl methyl sites for hydroxylation is 2. The normalized spacial score (nSPS) is 32.9. The van der Waals surface area contributed by atoms with Crippen molar-refractivity contribution in [3.8, 4) is 0 Å². The van der Waals surface area contributed by atoms with Gasteiger partial charge in [-0.1, -0.05) is 17.7 Å². The van der Waals surface area contributed by atoms with Crippen LogP contribution in [0, 0.1) is 6.92 Å². The summed E-state index contributed by atoms with van der Waals surface area (Å²) >= 11 is 1.49. The van der Waals surface area contributed by atoms with Crippen molar-refractivity contribution in [2.45, 2.75) is 18.2 Å². The summed E-state index contributed by atoms with van der Waals surface area (Å²) < 4.78 is 15.3. The van der Waals surface area contributed by atoms with E-state index >= 15 is 0 Å². The first-order chi connectivity index (χ1) is 5.68. The van der Waals surface area contributed by atoms with Crippen molar-refractivity contribution in [3.05, 3.63) is 29.3 Å². The lowest BCUT2D eigenvalue weighted by Crippen LogP contribution is -1.80. The number of hydrogen-bond donors (Lipinski definition) is 0. The number of hydrogen-bond acceptors (Lipinski definition) is 1. The van der Waals surface area contributed by atoms with Crippen molar-refractivity contribution in [2.75, 3.05) is 5.73 Å². The molecule has 0 saturated carbocycles. The fraction of sp³-hybridized carbons (Fsp3) is 0.333. The van der Waals surface area contributed by atoms with Gasteiger partial charge in [-0.15, -0.1) is 11.8 Å². The van der Waals surface area contributed by atoms with Crippen LogP contribution in [0.25, 0.3) is 0 Å². The molecule has 1 aliphatic heterocycles. The van der Waals surface area contributed by atoms with Gasteiger partial charge in [-0.05, 0) is 25.0 Å². The van der Waals surface area contributed by atoms with Crippen LogP contribution in [-0.4, -0.2) is 5.73 Å². The molecule has 1 aromatic carbocycles. The Morgan fingerprint density at radius 1 is 1.60 bits per heavy atom. The number of rotatable bonds is 0. The van der Waals surface area contributed by atoms with Crippen molar-refractivity contribution in [2.24, 2.45) is 0 Å². The SMILES string of the molecule is [2H]C1Sc2ccc(C)cc2C1[2H]. The first-order valence-corrected chi connectivity index (χ1v) is 4.18. The molecule has 2 unspecified atom stereocenters. The highest BCUT2D eigenvalue weighted by Crippen LogP contribution is 2.31. The molecule has 1 heterocycles. The summed E-state index contributed by atoms with van der Waals surface area (Å²) in [6.07, 6.45) is -0.357. The molecule has 0 bridgehead atoms. The summed E-state index contributed by atoms with van der Waals surface area (Å²) in [6, 6.07) is 6.08. The quantitative estimate of drug-likeness (QED) is 0.550. The highest BCUT2D eigenvalue weighted by Gasteiger charge is 2.09. The van der Waals surface area contributed by atoms with Gasteiger partial charge in [-0.25, -0.2) is 0 Å². The standard InChI is InChI=1S/C9H10S/c1-7-2-3-9-8(6-7)4-5-10-9/h2-3,6H,4-5H2,1H3/i4D,5D. The second-order valence-electron chi connectivity index (χ2n) is 2.46. The molecular weight excluding hydrogens is 140 g/mol. The lowest BCUT2D eigenvalue weighted by Gasteiger charge is -1.97. The van der Waals surface area contributed by atoms with Gasteiger partial charge >= 0.3 is 0 Å². The first-order valence-electron chi connectivity index (χ1n) is 4.45. The van der Waals surface area contributed by atoms with Crippen LogP contribution in [0.1, 0.15) is 13.9 Å². The summed E-state index contributed by atoms with van der Waals surface area (Å²) in [5, 5.41) is 0. The zero-order chi connectivity index (χ0) is 8.72. The molecule has 0 fully saturated rings. The smallest absolute Gasteiger partial charge is 0.0387 e. The van der Waals surface area contributed by atoms with Crippen LogP contribution in [0.15, 0.2) is 23.1 Å². The molecule has 1 aliphatic rings. The molecule has 0 aliphatic carbocycles. The largest absolute Gasteiger partial charge is 0.126 e. The molecule has 0 radical (unpaired) electrons. The van der Waals surface area contributed by atoms with E-state index in [1.807, 2.05) is 25.1 Å². The first kappa shape index (κ1) is 4.45. The van der Waals surface area contributed by atoms with E-state index in [1.165, 1.54) is 17.3 Å². The van der Waals surface area contributed by atoms with E-state index in [0.717, 1.165) is 10.5 Å². The zero-order valence-corrected chi connectivity index (χ0v) is 6.61. The van der Waals surface area contributed by atoms with Gasteiger partial charge in [-0.3, -0.25) is 0 Å². The molecule has 0 aromatic heterocycles. The molecule has 2 atom stereocenters. The summed E-state index contributed by atoms with van der Waals surface area (Å²) in [7, 11) is 0. The van der Waals surface area contributed by atoms with Gasteiger partial charge in [0.25, 0.3) is 0 Å². The van der Waals surface area contributed by atoms with Crippen LogP contribution in [0.5, 0.6) is 0 Å². The van der Waals surface area contributed by atoms with Crippen LogP contribution in [0.4, 0.5) is 0 Å². The van der Waals surface area contributed by atoms with E-state index in [2.05, 4.69) is 0 Å². The predicted octanol–water partition coefficient (Wildman–Crippen LogP) is 2.64. The van der Waals surface area contributed by atoms with Crippen LogP contribution in [0.3, 0.4) is 0 Å². The Hall–Kier alpha value is -0.430. The zero-order valence-electron chi connectivity index (χ0n) is 7.79.